The summed E-state index contributed by atoms with van der Waals surface area (Å²) in [4.78, 5) is 5.83. The van der Waals surface area contributed by atoms with E-state index in [0.717, 1.165) is 33.3 Å². The van der Waals surface area contributed by atoms with Crippen molar-refractivity contribution in [3.05, 3.63) is 106 Å². The summed E-state index contributed by atoms with van der Waals surface area (Å²) in [6, 6.07) is 28.5. The average Bonchev–Trinajstić information content (AvgIpc) is 3.06. The molecule has 26 heavy (non-hydrogen) atoms. The van der Waals surface area contributed by atoms with E-state index in [9.17, 15) is 0 Å². The zero-order valence-corrected chi connectivity index (χ0v) is 15.6. The molecule has 0 aliphatic carbocycles. The lowest BCUT2D eigenvalue weighted by molar-refractivity contribution is 0.778. The van der Waals surface area contributed by atoms with Gasteiger partial charge >= 0.3 is 0 Å². The zero-order chi connectivity index (χ0) is 17.8. The average molecular weight is 377 g/mol. The van der Waals surface area contributed by atoms with Crippen LogP contribution >= 0.6 is 22.9 Å². The highest BCUT2D eigenvalue weighted by atomic mass is 35.5. The number of rotatable bonds is 4. The third-order valence-corrected chi connectivity index (χ3v) is 5.22. The molecule has 2 nitrogen and oxygen atoms in total. The molecule has 4 rings (SSSR count). The fraction of sp³-hybridized carbons (Fsp3) is 0.0455. The number of halogens is 1. The molecule has 0 radical (unpaired) electrons. The van der Waals surface area contributed by atoms with Crippen molar-refractivity contribution in [2.75, 3.05) is 0 Å². The summed E-state index contributed by atoms with van der Waals surface area (Å²) in [7, 11) is 0. The van der Waals surface area contributed by atoms with Gasteiger partial charge in [-0.25, -0.2) is 4.99 Å². The molecule has 0 bridgehead atoms. The van der Waals surface area contributed by atoms with Gasteiger partial charge in [0.2, 0.25) is 0 Å². The fourth-order valence-corrected chi connectivity index (χ4v) is 3.86. The van der Waals surface area contributed by atoms with Crippen LogP contribution in [0.4, 0.5) is 5.69 Å². The van der Waals surface area contributed by atoms with Crippen molar-refractivity contribution in [2.24, 2.45) is 4.99 Å². The quantitative estimate of drug-likeness (QED) is 0.406. The number of para-hydroxylation sites is 1. The standard InChI is InChI=1S/C22H17ClN2S/c23-19-13-11-18(12-14-19)21-16-26-22(24-20-9-5-2-6-10-20)25(21)15-17-7-3-1-4-8-17/h1-14,16H,15H2. The number of thiazole rings is 1. The smallest absolute Gasteiger partial charge is 0.190 e. The van der Waals surface area contributed by atoms with E-state index in [1.807, 2.05) is 48.5 Å². The Bertz CT molecular complexity index is 1050. The second-order valence-electron chi connectivity index (χ2n) is 5.93. The molecule has 0 aliphatic heterocycles. The predicted molar refractivity (Wildman–Crippen MR) is 110 cm³/mol. The molecule has 0 fully saturated rings. The van der Waals surface area contributed by atoms with Gasteiger partial charge in [0.25, 0.3) is 0 Å². The summed E-state index contributed by atoms with van der Waals surface area (Å²) in [5.74, 6) is 0. The Morgan fingerprint density at radius 3 is 2.15 bits per heavy atom. The molecule has 128 valence electrons. The van der Waals surface area contributed by atoms with Crippen LogP contribution in [-0.4, -0.2) is 4.57 Å². The molecule has 4 aromatic rings. The van der Waals surface area contributed by atoms with Gasteiger partial charge in [0.05, 0.1) is 17.9 Å². The van der Waals surface area contributed by atoms with Crippen LogP contribution in [0.1, 0.15) is 5.56 Å². The molecule has 1 heterocycles. The van der Waals surface area contributed by atoms with Gasteiger partial charge in [0.15, 0.2) is 4.80 Å². The monoisotopic (exact) mass is 376 g/mol. The summed E-state index contributed by atoms with van der Waals surface area (Å²) in [6.07, 6.45) is 0. The zero-order valence-electron chi connectivity index (χ0n) is 14.0. The minimum absolute atomic E-state index is 0.743. The predicted octanol–water partition coefficient (Wildman–Crippen LogP) is 6.15. The maximum absolute atomic E-state index is 6.06. The van der Waals surface area contributed by atoms with Gasteiger partial charge in [-0.2, -0.15) is 0 Å². The minimum atomic E-state index is 0.743. The second kappa shape index (κ2) is 7.73. The maximum Gasteiger partial charge on any atom is 0.190 e. The number of hydrogen-bond acceptors (Lipinski definition) is 2. The van der Waals surface area contributed by atoms with Crippen molar-refractivity contribution in [2.45, 2.75) is 6.54 Å². The van der Waals surface area contributed by atoms with Crippen LogP contribution in [0.2, 0.25) is 5.02 Å². The Morgan fingerprint density at radius 1 is 0.808 bits per heavy atom. The largest absolute Gasteiger partial charge is 0.312 e. The first-order valence-corrected chi connectivity index (χ1v) is 9.63. The first kappa shape index (κ1) is 16.8. The molecule has 0 saturated carbocycles. The van der Waals surface area contributed by atoms with Gasteiger partial charge in [0.1, 0.15) is 0 Å². The van der Waals surface area contributed by atoms with Crippen LogP contribution in [-0.2, 0) is 6.54 Å². The Labute approximate surface area is 161 Å². The molecule has 0 spiro atoms. The molecular formula is C22H17ClN2S. The van der Waals surface area contributed by atoms with Gasteiger partial charge in [-0.15, -0.1) is 11.3 Å². The fourth-order valence-electron chi connectivity index (χ4n) is 2.80. The number of nitrogens with zero attached hydrogens (tertiary/aromatic N) is 2. The number of aromatic nitrogens is 1. The lowest BCUT2D eigenvalue weighted by Gasteiger charge is -2.10. The van der Waals surface area contributed by atoms with Crippen LogP contribution in [0.15, 0.2) is 95.3 Å². The van der Waals surface area contributed by atoms with E-state index in [1.54, 1.807) is 11.3 Å². The van der Waals surface area contributed by atoms with E-state index in [2.05, 4.69) is 46.3 Å². The lowest BCUT2D eigenvalue weighted by Crippen LogP contribution is -2.16. The summed E-state index contributed by atoms with van der Waals surface area (Å²) in [6.45, 7) is 0.772. The Hall–Kier alpha value is -2.62. The van der Waals surface area contributed by atoms with Crippen LogP contribution in [0.3, 0.4) is 0 Å². The van der Waals surface area contributed by atoms with Gasteiger partial charge in [-0.05, 0) is 35.4 Å². The van der Waals surface area contributed by atoms with Crippen molar-refractivity contribution in [3.8, 4) is 11.3 Å². The third kappa shape index (κ3) is 3.79. The maximum atomic E-state index is 6.06. The Balaban J connectivity index is 1.84. The van der Waals surface area contributed by atoms with E-state index in [0.29, 0.717) is 0 Å². The molecule has 3 aromatic carbocycles. The first-order valence-electron chi connectivity index (χ1n) is 8.37. The van der Waals surface area contributed by atoms with E-state index in [-0.39, 0.29) is 0 Å². The summed E-state index contributed by atoms with van der Waals surface area (Å²) >= 11 is 7.71. The number of benzene rings is 3. The summed E-state index contributed by atoms with van der Waals surface area (Å²) in [5, 5.41) is 2.90. The normalized spacial score (nSPS) is 11.7. The topological polar surface area (TPSA) is 17.3 Å². The van der Waals surface area contributed by atoms with E-state index in [4.69, 9.17) is 16.6 Å². The highest BCUT2D eigenvalue weighted by Crippen LogP contribution is 2.23. The van der Waals surface area contributed by atoms with Gasteiger partial charge < -0.3 is 4.57 Å². The minimum Gasteiger partial charge on any atom is -0.312 e. The van der Waals surface area contributed by atoms with Crippen molar-refractivity contribution in [3.63, 3.8) is 0 Å². The molecule has 0 atom stereocenters. The molecule has 0 amide bonds. The van der Waals surface area contributed by atoms with Crippen LogP contribution in [0, 0.1) is 0 Å². The Morgan fingerprint density at radius 2 is 1.46 bits per heavy atom. The van der Waals surface area contributed by atoms with Crippen LogP contribution in [0.25, 0.3) is 11.3 Å². The molecule has 0 unspecified atom stereocenters. The number of hydrogen-bond donors (Lipinski definition) is 0. The Kier molecular flexibility index (Phi) is 5.00. The SMILES string of the molecule is Clc1ccc(-c2csc(=Nc3ccccc3)n2Cc2ccccc2)cc1. The van der Waals surface area contributed by atoms with Crippen molar-refractivity contribution in [1.29, 1.82) is 0 Å². The first-order chi connectivity index (χ1) is 12.8. The van der Waals surface area contributed by atoms with Crippen LogP contribution in [0.5, 0.6) is 0 Å². The van der Waals surface area contributed by atoms with Gasteiger partial charge in [-0.1, -0.05) is 72.3 Å². The second-order valence-corrected chi connectivity index (χ2v) is 7.20. The lowest BCUT2D eigenvalue weighted by atomic mass is 10.1. The van der Waals surface area contributed by atoms with Gasteiger partial charge in [0, 0.05) is 10.4 Å². The third-order valence-electron chi connectivity index (χ3n) is 4.10. The van der Waals surface area contributed by atoms with Crippen LogP contribution < -0.4 is 4.80 Å². The van der Waals surface area contributed by atoms with E-state index in [1.165, 1.54) is 5.56 Å². The molecule has 0 saturated heterocycles. The molecule has 0 N–H and O–H groups in total. The van der Waals surface area contributed by atoms with Gasteiger partial charge in [-0.3, -0.25) is 0 Å². The highest BCUT2D eigenvalue weighted by Gasteiger charge is 2.09. The summed E-state index contributed by atoms with van der Waals surface area (Å²) < 4.78 is 2.26. The van der Waals surface area contributed by atoms with Crippen molar-refractivity contribution in [1.82, 2.24) is 4.57 Å². The molecule has 0 aliphatic rings. The molecular weight excluding hydrogens is 360 g/mol. The molecule has 4 heteroatoms. The highest BCUT2D eigenvalue weighted by molar-refractivity contribution is 7.07. The van der Waals surface area contributed by atoms with Crippen molar-refractivity contribution >= 4 is 28.6 Å². The van der Waals surface area contributed by atoms with Crippen molar-refractivity contribution < 1.29 is 0 Å². The van der Waals surface area contributed by atoms with E-state index < -0.39 is 0 Å². The molecule has 1 aromatic heterocycles. The summed E-state index contributed by atoms with van der Waals surface area (Å²) in [5.41, 5.74) is 4.48. The van der Waals surface area contributed by atoms with E-state index >= 15 is 0 Å².